The van der Waals surface area contributed by atoms with Crippen LogP contribution in [0.2, 0.25) is 0 Å². The molecule has 5 heteroatoms. The summed E-state index contributed by atoms with van der Waals surface area (Å²) in [5.41, 5.74) is 1.26. The maximum absolute atomic E-state index is 10.5. The molecule has 1 aromatic rings. The van der Waals surface area contributed by atoms with Crippen LogP contribution >= 0.6 is 0 Å². The second-order valence-corrected chi connectivity index (χ2v) is 4.74. The zero-order chi connectivity index (χ0) is 14.6. The Morgan fingerprint density at radius 3 is 2.50 bits per heavy atom. The van der Waals surface area contributed by atoms with Crippen LogP contribution in [0.5, 0.6) is 0 Å². The number of nitro benzene ring substituents is 1. The molecule has 1 N–H and O–H groups in total. The van der Waals surface area contributed by atoms with Gasteiger partial charge in [0.2, 0.25) is 0 Å². The molecule has 0 unspecified atom stereocenters. The highest BCUT2D eigenvalue weighted by molar-refractivity contribution is 5.32. The van der Waals surface area contributed by atoms with Crippen molar-refractivity contribution in [2.24, 2.45) is 0 Å². The molecule has 0 saturated heterocycles. The number of rotatable bonds is 11. The van der Waals surface area contributed by atoms with Crippen molar-refractivity contribution in [1.29, 1.82) is 0 Å². The molecule has 0 bridgehead atoms. The summed E-state index contributed by atoms with van der Waals surface area (Å²) in [6.45, 7) is 5.65. The topological polar surface area (TPSA) is 64.4 Å². The standard InChI is InChI=1S/C15H24N2O3/c1-2-3-12-20-13-4-10-16-11-9-14-5-7-15(8-6-14)17(18)19/h5-8,16H,2-4,9-13H2,1H3. The predicted octanol–water partition coefficient (Wildman–Crippen LogP) is 2.93. The minimum atomic E-state index is -0.374. The predicted molar refractivity (Wildman–Crippen MR) is 80.0 cm³/mol. The summed E-state index contributed by atoms with van der Waals surface area (Å²) < 4.78 is 5.47. The zero-order valence-electron chi connectivity index (χ0n) is 12.1. The van der Waals surface area contributed by atoms with Crippen molar-refractivity contribution >= 4 is 5.69 Å². The summed E-state index contributed by atoms with van der Waals surface area (Å²) in [5, 5.41) is 13.9. The van der Waals surface area contributed by atoms with Gasteiger partial charge in [0.15, 0.2) is 0 Å². The Kier molecular flexibility index (Phi) is 8.58. The highest BCUT2D eigenvalue weighted by Crippen LogP contribution is 2.11. The largest absolute Gasteiger partial charge is 0.381 e. The van der Waals surface area contributed by atoms with E-state index in [4.69, 9.17) is 4.74 Å². The van der Waals surface area contributed by atoms with Crippen molar-refractivity contribution in [2.45, 2.75) is 32.6 Å². The first-order valence-electron chi connectivity index (χ1n) is 7.26. The van der Waals surface area contributed by atoms with Crippen molar-refractivity contribution < 1.29 is 9.66 Å². The van der Waals surface area contributed by atoms with E-state index >= 15 is 0 Å². The van der Waals surface area contributed by atoms with Crippen molar-refractivity contribution in [3.05, 3.63) is 39.9 Å². The molecular weight excluding hydrogens is 256 g/mol. The molecule has 0 saturated carbocycles. The van der Waals surface area contributed by atoms with E-state index in [2.05, 4.69) is 12.2 Å². The molecule has 1 rings (SSSR count). The Morgan fingerprint density at radius 1 is 1.15 bits per heavy atom. The van der Waals surface area contributed by atoms with Crippen molar-refractivity contribution in [3.8, 4) is 0 Å². The molecule has 0 aromatic heterocycles. The van der Waals surface area contributed by atoms with Gasteiger partial charge in [0.25, 0.3) is 5.69 Å². The van der Waals surface area contributed by atoms with Crippen LogP contribution < -0.4 is 5.32 Å². The van der Waals surface area contributed by atoms with E-state index in [0.29, 0.717) is 0 Å². The third-order valence-electron chi connectivity index (χ3n) is 3.02. The highest BCUT2D eigenvalue weighted by atomic mass is 16.6. The molecular formula is C15H24N2O3. The van der Waals surface area contributed by atoms with Gasteiger partial charge in [-0.05, 0) is 37.9 Å². The maximum Gasteiger partial charge on any atom is 0.269 e. The van der Waals surface area contributed by atoms with E-state index in [1.54, 1.807) is 12.1 Å². The lowest BCUT2D eigenvalue weighted by atomic mass is 10.1. The average Bonchev–Trinajstić information content (AvgIpc) is 2.46. The number of ether oxygens (including phenoxy) is 1. The molecule has 112 valence electrons. The van der Waals surface area contributed by atoms with E-state index < -0.39 is 0 Å². The van der Waals surface area contributed by atoms with E-state index in [1.165, 1.54) is 6.42 Å². The molecule has 0 atom stereocenters. The smallest absolute Gasteiger partial charge is 0.269 e. The monoisotopic (exact) mass is 280 g/mol. The molecule has 5 nitrogen and oxygen atoms in total. The van der Waals surface area contributed by atoms with Gasteiger partial charge in [-0.2, -0.15) is 0 Å². The molecule has 20 heavy (non-hydrogen) atoms. The van der Waals surface area contributed by atoms with Gasteiger partial charge in [-0.3, -0.25) is 10.1 Å². The fourth-order valence-corrected chi connectivity index (χ4v) is 1.79. The number of unbranched alkanes of at least 4 members (excludes halogenated alkanes) is 1. The molecule has 0 aliphatic carbocycles. The lowest BCUT2D eigenvalue weighted by Gasteiger charge is -2.06. The van der Waals surface area contributed by atoms with Crippen LogP contribution in [0.3, 0.4) is 0 Å². The third kappa shape index (κ3) is 7.21. The van der Waals surface area contributed by atoms with Gasteiger partial charge in [0.05, 0.1) is 4.92 Å². The van der Waals surface area contributed by atoms with Gasteiger partial charge in [0.1, 0.15) is 0 Å². The van der Waals surface area contributed by atoms with Crippen LogP contribution in [-0.2, 0) is 11.2 Å². The molecule has 0 aliphatic heterocycles. The van der Waals surface area contributed by atoms with Crippen LogP contribution in [0, 0.1) is 10.1 Å². The Morgan fingerprint density at radius 2 is 1.85 bits per heavy atom. The van der Waals surface area contributed by atoms with Crippen LogP contribution in [-0.4, -0.2) is 31.2 Å². The highest BCUT2D eigenvalue weighted by Gasteiger charge is 2.03. The van der Waals surface area contributed by atoms with Crippen LogP contribution in [0.1, 0.15) is 31.7 Å². The summed E-state index contributed by atoms with van der Waals surface area (Å²) in [6.07, 6.45) is 4.21. The van der Waals surface area contributed by atoms with Gasteiger partial charge in [0, 0.05) is 25.3 Å². The van der Waals surface area contributed by atoms with E-state index in [0.717, 1.165) is 51.1 Å². The van der Waals surface area contributed by atoms with Gasteiger partial charge in [-0.1, -0.05) is 25.5 Å². The zero-order valence-corrected chi connectivity index (χ0v) is 12.1. The Labute approximate surface area is 120 Å². The molecule has 1 aromatic carbocycles. The van der Waals surface area contributed by atoms with Crippen LogP contribution in [0.4, 0.5) is 5.69 Å². The van der Waals surface area contributed by atoms with Crippen LogP contribution in [0.25, 0.3) is 0 Å². The van der Waals surface area contributed by atoms with Crippen molar-refractivity contribution in [3.63, 3.8) is 0 Å². The number of benzene rings is 1. The SMILES string of the molecule is CCCCOCCCNCCc1ccc([N+](=O)[O-])cc1. The Bertz CT molecular complexity index is 379. The lowest BCUT2D eigenvalue weighted by Crippen LogP contribution is -2.19. The summed E-state index contributed by atoms with van der Waals surface area (Å²) in [4.78, 5) is 10.1. The van der Waals surface area contributed by atoms with Gasteiger partial charge in [-0.15, -0.1) is 0 Å². The molecule has 0 fully saturated rings. The number of nitro groups is 1. The Hall–Kier alpha value is -1.46. The number of nitrogens with one attached hydrogen (secondary N) is 1. The van der Waals surface area contributed by atoms with E-state index in [9.17, 15) is 10.1 Å². The minimum absolute atomic E-state index is 0.144. The first-order chi connectivity index (χ1) is 9.74. The summed E-state index contributed by atoms with van der Waals surface area (Å²) >= 11 is 0. The molecule has 0 heterocycles. The van der Waals surface area contributed by atoms with Crippen LogP contribution in [0.15, 0.2) is 24.3 Å². The third-order valence-corrected chi connectivity index (χ3v) is 3.02. The molecule has 0 radical (unpaired) electrons. The summed E-state index contributed by atoms with van der Waals surface area (Å²) in [7, 11) is 0. The number of nitrogens with zero attached hydrogens (tertiary/aromatic N) is 1. The number of non-ortho nitro benzene ring substituents is 1. The summed E-state index contributed by atoms with van der Waals surface area (Å²) in [6, 6.07) is 6.73. The fourth-order valence-electron chi connectivity index (χ4n) is 1.79. The van der Waals surface area contributed by atoms with Gasteiger partial charge >= 0.3 is 0 Å². The van der Waals surface area contributed by atoms with Crippen molar-refractivity contribution in [1.82, 2.24) is 5.32 Å². The number of hydrogen-bond acceptors (Lipinski definition) is 4. The average molecular weight is 280 g/mol. The second kappa shape index (κ2) is 10.3. The first-order valence-corrected chi connectivity index (χ1v) is 7.26. The molecule has 0 aliphatic rings. The first kappa shape index (κ1) is 16.6. The molecule has 0 spiro atoms. The lowest BCUT2D eigenvalue weighted by molar-refractivity contribution is -0.384. The second-order valence-electron chi connectivity index (χ2n) is 4.74. The van der Waals surface area contributed by atoms with Gasteiger partial charge in [-0.25, -0.2) is 0 Å². The van der Waals surface area contributed by atoms with Gasteiger partial charge < -0.3 is 10.1 Å². The fraction of sp³-hybridized carbons (Fsp3) is 0.600. The quantitative estimate of drug-likeness (QED) is 0.384. The van der Waals surface area contributed by atoms with E-state index in [-0.39, 0.29) is 10.6 Å². The molecule has 0 amide bonds. The minimum Gasteiger partial charge on any atom is -0.381 e. The maximum atomic E-state index is 10.5. The normalized spacial score (nSPS) is 10.7. The number of hydrogen-bond donors (Lipinski definition) is 1. The Balaban J connectivity index is 2.02. The van der Waals surface area contributed by atoms with Crippen molar-refractivity contribution in [2.75, 3.05) is 26.3 Å². The van der Waals surface area contributed by atoms with E-state index in [1.807, 2.05) is 12.1 Å². The summed E-state index contributed by atoms with van der Waals surface area (Å²) in [5.74, 6) is 0.